The Morgan fingerprint density at radius 2 is 1.44 bits per heavy atom. The van der Waals surface area contributed by atoms with Crippen LogP contribution in [-0.4, -0.2) is 88.9 Å². The Bertz CT molecular complexity index is 689. The number of nitrogens with one attached hydrogen (secondary N) is 1. The summed E-state index contributed by atoms with van der Waals surface area (Å²) in [5.41, 5.74) is 0.995. The number of ether oxygens (including phenoxy) is 5. The molecule has 194 valence electrons. The van der Waals surface area contributed by atoms with Gasteiger partial charge < -0.3 is 33.9 Å². The number of nitrogens with zero attached hydrogens (tertiary/aromatic N) is 1. The van der Waals surface area contributed by atoms with Crippen LogP contribution in [0.15, 0.2) is 24.3 Å². The highest BCUT2D eigenvalue weighted by molar-refractivity contribution is 5.89. The Morgan fingerprint density at radius 1 is 0.882 bits per heavy atom. The lowest BCUT2D eigenvalue weighted by Crippen LogP contribution is -2.36. The summed E-state index contributed by atoms with van der Waals surface area (Å²) in [6.45, 7) is 11.6. The summed E-state index contributed by atoms with van der Waals surface area (Å²) >= 11 is 0. The molecule has 9 heteroatoms. The highest BCUT2D eigenvalue weighted by atomic mass is 16.6. The van der Waals surface area contributed by atoms with Gasteiger partial charge in [0.1, 0.15) is 12.2 Å². The number of unbranched alkanes of at least 4 members (excludes halogenated alkanes) is 1. The monoisotopic (exact) mass is 482 g/mol. The molecule has 0 aliphatic rings. The molecular formula is C25H42N2O7. The molecule has 0 fully saturated rings. The summed E-state index contributed by atoms with van der Waals surface area (Å²) in [6, 6.07) is 7.26. The number of amides is 1. The van der Waals surface area contributed by atoms with E-state index in [1.54, 1.807) is 19.2 Å². The third kappa shape index (κ3) is 14.7. The summed E-state index contributed by atoms with van der Waals surface area (Å²) < 4.78 is 26.8. The van der Waals surface area contributed by atoms with E-state index >= 15 is 0 Å². The van der Waals surface area contributed by atoms with Gasteiger partial charge in [0.2, 0.25) is 0 Å². The van der Waals surface area contributed by atoms with E-state index in [-0.39, 0.29) is 18.7 Å². The van der Waals surface area contributed by atoms with Gasteiger partial charge in [-0.15, -0.1) is 0 Å². The van der Waals surface area contributed by atoms with Crippen molar-refractivity contribution in [3.05, 3.63) is 29.8 Å². The smallest absolute Gasteiger partial charge is 0.410 e. The number of rotatable bonds is 17. The Morgan fingerprint density at radius 3 is 2.00 bits per heavy atom. The SMILES string of the molecule is CCCCNc1ccc(C(=O)OCCOCCOCCOCCN(C)C(=O)OC(C)(C)C)cc1. The van der Waals surface area contributed by atoms with Crippen molar-refractivity contribution in [3.63, 3.8) is 0 Å². The quantitative estimate of drug-likeness (QED) is 0.263. The van der Waals surface area contributed by atoms with Crippen molar-refractivity contribution < 1.29 is 33.3 Å². The fourth-order valence-electron chi connectivity index (χ4n) is 2.58. The Balaban J connectivity index is 1.96. The molecule has 0 aromatic heterocycles. The van der Waals surface area contributed by atoms with Gasteiger partial charge in [-0.05, 0) is 51.5 Å². The molecule has 0 bridgehead atoms. The molecule has 0 atom stereocenters. The van der Waals surface area contributed by atoms with Gasteiger partial charge in [-0.25, -0.2) is 9.59 Å². The zero-order valence-corrected chi connectivity index (χ0v) is 21.4. The molecule has 0 aliphatic carbocycles. The van der Waals surface area contributed by atoms with Gasteiger partial charge in [-0.2, -0.15) is 0 Å². The van der Waals surface area contributed by atoms with Crippen molar-refractivity contribution in [1.29, 1.82) is 0 Å². The van der Waals surface area contributed by atoms with E-state index in [0.29, 0.717) is 51.7 Å². The second-order valence-electron chi connectivity index (χ2n) is 8.73. The molecule has 34 heavy (non-hydrogen) atoms. The molecule has 0 saturated carbocycles. The number of carbonyl (C=O) groups is 2. The second kappa shape index (κ2) is 17.1. The maximum Gasteiger partial charge on any atom is 0.410 e. The standard InChI is InChI=1S/C25H42N2O7/c1-6-7-12-26-22-10-8-21(9-11-22)23(28)33-20-19-32-18-17-31-16-15-30-14-13-27(5)24(29)34-25(2,3)4/h8-11,26H,6-7,12-20H2,1-5H3. The van der Waals surface area contributed by atoms with Crippen molar-refractivity contribution in [2.75, 3.05) is 71.7 Å². The average Bonchev–Trinajstić information content (AvgIpc) is 2.79. The first kappa shape index (κ1) is 29.7. The van der Waals surface area contributed by atoms with E-state index in [9.17, 15) is 9.59 Å². The van der Waals surface area contributed by atoms with Gasteiger partial charge in [0.15, 0.2) is 0 Å². The van der Waals surface area contributed by atoms with E-state index in [4.69, 9.17) is 23.7 Å². The van der Waals surface area contributed by atoms with Gasteiger partial charge in [-0.1, -0.05) is 13.3 Å². The Kier molecular flexibility index (Phi) is 14.9. The second-order valence-corrected chi connectivity index (χ2v) is 8.73. The Hall–Kier alpha value is -2.36. The van der Waals surface area contributed by atoms with E-state index in [1.807, 2.05) is 32.9 Å². The van der Waals surface area contributed by atoms with E-state index in [1.165, 1.54) is 4.90 Å². The summed E-state index contributed by atoms with van der Waals surface area (Å²) in [5, 5.41) is 3.31. The molecule has 0 heterocycles. The van der Waals surface area contributed by atoms with Crippen LogP contribution in [-0.2, 0) is 23.7 Å². The van der Waals surface area contributed by atoms with Crippen LogP contribution in [0.5, 0.6) is 0 Å². The zero-order chi connectivity index (χ0) is 25.2. The fraction of sp³-hybridized carbons (Fsp3) is 0.680. The maximum absolute atomic E-state index is 12.1. The third-order valence-corrected chi connectivity index (χ3v) is 4.46. The topological polar surface area (TPSA) is 95.6 Å². The Labute approximate surface area is 204 Å². The van der Waals surface area contributed by atoms with Crippen LogP contribution in [0.1, 0.15) is 50.9 Å². The molecule has 0 spiro atoms. The van der Waals surface area contributed by atoms with Crippen LogP contribution in [0.4, 0.5) is 10.5 Å². The molecular weight excluding hydrogens is 440 g/mol. The predicted octanol–water partition coefficient (Wildman–Crippen LogP) is 3.97. The average molecular weight is 483 g/mol. The molecule has 1 aromatic rings. The molecule has 0 unspecified atom stereocenters. The van der Waals surface area contributed by atoms with E-state index in [0.717, 1.165) is 25.1 Å². The highest BCUT2D eigenvalue weighted by Gasteiger charge is 2.19. The first-order valence-corrected chi connectivity index (χ1v) is 11.9. The molecule has 9 nitrogen and oxygen atoms in total. The molecule has 1 rings (SSSR count). The van der Waals surface area contributed by atoms with Crippen LogP contribution in [0.2, 0.25) is 0 Å². The highest BCUT2D eigenvalue weighted by Crippen LogP contribution is 2.11. The van der Waals surface area contributed by atoms with Gasteiger partial charge in [0, 0.05) is 25.8 Å². The zero-order valence-electron chi connectivity index (χ0n) is 21.4. The maximum atomic E-state index is 12.1. The summed E-state index contributed by atoms with van der Waals surface area (Å²) in [5.74, 6) is -0.366. The van der Waals surface area contributed by atoms with Gasteiger partial charge in [0.25, 0.3) is 0 Å². The van der Waals surface area contributed by atoms with Gasteiger partial charge in [-0.3, -0.25) is 0 Å². The van der Waals surface area contributed by atoms with Gasteiger partial charge >= 0.3 is 12.1 Å². The third-order valence-electron chi connectivity index (χ3n) is 4.46. The molecule has 0 radical (unpaired) electrons. The minimum atomic E-state index is -0.513. The van der Waals surface area contributed by atoms with Crippen LogP contribution < -0.4 is 5.32 Å². The van der Waals surface area contributed by atoms with Crippen LogP contribution in [0, 0.1) is 0 Å². The predicted molar refractivity (Wildman–Crippen MR) is 131 cm³/mol. The number of benzene rings is 1. The summed E-state index contributed by atoms with van der Waals surface area (Å²) in [4.78, 5) is 25.3. The number of likely N-dealkylation sites (N-methyl/N-ethyl adjacent to an activating group) is 1. The molecule has 0 saturated heterocycles. The van der Waals surface area contributed by atoms with Gasteiger partial charge in [0.05, 0.1) is 45.2 Å². The van der Waals surface area contributed by atoms with Crippen LogP contribution >= 0.6 is 0 Å². The largest absolute Gasteiger partial charge is 0.460 e. The van der Waals surface area contributed by atoms with Crippen molar-refractivity contribution >= 4 is 17.7 Å². The molecule has 1 N–H and O–H groups in total. The number of hydrogen-bond acceptors (Lipinski definition) is 8. The minimum absolute atomic E-state index is 0.184. The number of anilines is 1. The van der Waals surface area contributed by atoms with Crippen LogP contribution in [0.3, 0.4) is 0 Å². The normalized spacial score (nSPS) is 11.2. The number of hydrogen-bond donors (Lipinski definition) is 1. The lowest BCUT2D eigenvalue weighted by Gasteiger charge is -2.24. The van der Waals surface area contributed by atoms with Crippen molar-refractivity contribution in [1.82, 2.24) is 4.90 Å². The van der Waals surface area contributed by atoms with Crippen molar-refractivity contribution in [3.8, 4) is 0 Å². The molecule has 0 aliphatic heterocycles. The lowest BCUT2D eigenvalue weighted by atomic mass is 10.2. The fourth-order valence-corrected chi connectivity index (χ4v) is 2.58. The van der Waals surface area contributed by atoms with Crippen molar-refractivity contribution in [2.45, 2.75) is 46.1 Å². The molecule has 1 amide bonds. The summed E-state index contributed by atoms with van der Waals surface area (Å²) in [7, 11) is 1.67. The lowest BCUT2D eigenvalue weighted by molar-refractivity contribution is -0.00343. The number of esters is 1. The first-order chi connectivity index (χ1) is 16.2. The van der Waals surface area contributed by atoms with Crippen molar-refractivity contribution in [2.24, 2.45) is 0 Å². The van der Waals surface area contributed by atoms with E-state index in [2.05, 4.69) is 12.2 Å². The minimum Gasteiger partial charge on any atom is -0.460 e. The van der Waals surface area contributed by atoms with E-state index < -0.39 is 5.60 Å². The summed E-state index contributed by atoms with van der Waals surface area (Å²) in [6.07, 6.45) is 1.87. The molecule has 1 aromatic carbocycles. The van der Waals surface area contributed by atoms with Crippen LogP contribution in [0.25, 0.3) is 0 Å². The first-order valence-electron chi connectivity index (χ1n) is 11.9. The number of carbonyl (C=O) groups excluding carboxylic acids is 2.